The molecule has 1 amide bonds. The number of aryl methyl sites for hydroxylation is 3. The SMILES string of the molecule is C[C@@H](OC(=O)CCn1ncc(=O)c2ccccc21)C(=O)Nc1ccc2c(c1)CCC2. The lowest BCUT2D eigenvalue weighted by atomic mass is 10.1. The van der Waals surface area contributed by atoms with E-state index in [9.17, 15) is 14.4 Å². The van der Waals surface area contributed by atoms with Gasteiger partial charge in [-0.15, -0.1) is 0 Å². The maximum atomic E-state index is 12.4. The first kappa shape index (κ1) is 19.8. The summed E-state index contributed by atoms with van der Waals surface area (Å²) >= 11 is 0. The van der Waals surface area contributed by atoms with Crippen molar-refractivity contribution in [2.45, 2.75) is 45.3 Å². The number of anilines is 1. The van der Waals surface area contributed by atoms with E-state index in [4.69, 9.17) is 4.74 Å². The van der Waals surface area contributed by atoms with Gasteiger partial charge in [0.25, 0.3) is 5.91 Å². The molecule has 0 unspecified atom stereocenters. The van der Waals surface area contributed by atoms with Crippen molar-refractivity contribution in [2.24, 2.45) is 0 Å². The van der Waals surface area contributed by atoms with Crippen molar-refractivity contribution in [1.29, 1.82) is 0 Å². The average Bonchev–Trinajstić information content (AvgIpc) is 3.21. The van der Waals surface area contributed by atoms with E-state index in [0.717, 1.165) is 19.3 Å². The van der Waals surface area contributed by atoms with Crippen LogP contribution in [-0.4, -0.2) is 27.8 Å². The van der Waals surface area contributed by atoms with Crippen molar-refractivity contribution in [3.8, 4) is 0 Å². The van der Waals surface area contributed by atoms with Gasteiger partial charge in [-0.2, -0.15) is 5.10 Å². The number of esters is 1. The summed E-state index contributed by atoms with van der Waals surface area (Å²) < 4.78 is 6.87. The highest BCUT2D eigenvalue weighted by Gasteiger charge is 2.19. The number of amides is 1. The number of carbonyl (C=O) groups excluding carboxylic acids is 2. The number of benzene rings is 2. The molecule has 2 aromatic carbocycles. The summed E-state index contributed by atoms with van der Waals surface area (Å²) in [6, 6.07) is 13.0. The molecular formula is C23H23N3O4. The molecule has 3 aromatic rings. The van der Waals surface area contributed by atoms with Crippen LogP contribution in [0, 0.1) is 0 Å². The fourth-order valence-corrected chi connectivity index (χ4v) is 3.74. The molecule has 0 radical (unpaired) electrons. The lowest BCUT2D eigenvalue weighted by molar-refractivity contribution is -0.153. The number of hydrogen-bond acceptors (Lipinski definition) is 5. The number of aromatic nitrogens is 2. The van der Waals surface area contributed by atoms with Crippen LogP contribution in [0.2, 0.25) is 0 Å². The van der Waals surface area contributed by atoms with Gasteiger partial charge in [-0.1, -0.05) is 18.2 Å². The van der Waals surface area contributed by atoms with Crippen LogP contribution < -0.4 is 10.7 Å². The number of ether oxygens (including phenoxy) is 1. The molecule has 1 N–H and O–H groups in total. The van der Waals surface area contributed by atoms with Crippen molar-refractivity contribution >= 4 is 28.5 Å². The second kappa shape index (κ2) is 8.49. The van der Waals surface area contributed by atoms with Gasteiger partial charge in [0, 0.05) is 11.1 Å². The molecule has 7 nitrogen and oxygen atoms in total. The van der Waals surface area contributed by atoms with Crippen LogP contribution in [0.15, 0.2) is 53.5 Å². The third-order valence-corrected chi connectivity index (χ3v) is 5.33. The van der Waals surface area contributed by atoms with E-state index in [0.29, 0.717) is 16.6 Å². The maximum absolute atomic E-state index is 12.4. The number of rotatable bonds is 6. The molecular weight excluding hydrogens is 382 g/mol. The Morgan fingerprint density at radius 2 is 1.97 bits per heavy atom. The van der Waals surface area contributed by atoms with Crippen LogP contribution in [0.4, 0.5) is 5.69 Å². The topological polar surface area (TPSA) is 90.3 Å². The molecule has 1 atom stereocenters. The summed E-state index contributed by atoms with van der Waals surface area (Å²) in [5.41, 5.74) is 3.79. The summed E-state index contributed by atoms with van der Waals surface area (Å²) in [5.74, 6) is -0.871. The lowest BCUT2D eigenvalue weighted by Crippen LogP contribution is -2.30. The van der Waals surface area contributed by atoms with Crippen LogP contribution in [0.25, 0.3) is 10.9 Å². The molecule has 1 aromatic heterocycles. The van der Waals surface area contributed by atoms with Crippen LogP contribution in [0.5, 0.6) is 0 Å². The molecule has 1 aliphatic rings. The molecule has 1 aliphatic carbocycles. The molecule has 1 heterocycles. The van der Waals surface area contributed by atoms with E-state index >= 15 is 0 Å². The van der Waals surface area contributed by atoms with Gasteiger partial charge in [-0.05, 0) is 61.6 Å². The fourth-order valence-electron chi connectivity index (χ4n) is 3.74. The van der Waals surface area contributed by atoms with E-state index in [1.165, 1.54) is 17.3 Å². The quantitative estimate of drug-likeness (QED) is 0.637. The Bertz CT molecular complexity index is 1170. The fraction of sp³-hybridized carbons (Fsp3) is 0.304. The van der Waals surface area contributed by atoms with Gasteiger partial charge < -0.3 is 10.1 Å². The van der Waals surface area contributed by atoms with Crippen LogP contribution in [0.3, 0.4) is 0 Å². The van der Waals surface area contributed by atoms with Gasteiger partial charge in [0.2, 0.25) is 5.43 Å². The third kappa shape index (κ3) is 4.25. The Morgan fingerprint density at radius 1 is 1.17 bits per heavy atom. The summed E-state index contributed by atoms with van der Waals surface area (Å²) in [4.78, 5) is 36.5. The third-order valence-electron chi connectivity index (χ3n) is 5.33. The second-order valence-corrected chi connectivity index (χ2v) is 7.46. The normalized spacial score (nSPS) is 13.6. The van der Waals surface area contributed by atoms with Crippen molar-refractivity contribution in [1.82, 2.24) is 9.78 Å². The molecule has 7 heteroatoms. The van der Waals surface area contributed by atoms with Crippen molar-refractivity contribution in [2.75, 3.05) is 5.32 Å². The highest BCUT2D eigenvalue weighted by Crippen LogP contribution is 2.25. The van der Waals surface area contributed by atoms with Gasteiger partial charge in [0.1, 0.15) is 0 Å². The smallest absolute Gasteiger partial charge is 0.308 e. The summed E-state index contributed by atoms with van der Waals surface area (Å²) in [5, 5.41) is 7.45. The summed E-state index contributed by atoms with van der Waals surface area (Å²) in [7, 11) is 0. The van der Waals surface area contributed by atoms with Gasteiger partial charge in [-0.25, -0.2) is 0 Å². The van der Waals surface area contributed by atoms with E-state index in [1.54, 1.807) is 29.8 Å². The molecule has 154 valence electrons. The molecule has 4 rings (SSSR count). The Kier molecular flexibility index (Phi) is 5.61. The number of fused-ring (bicyclic) bond motifs is 2. The number of hydrogen-bond donors (Lipinski definition) is 1. The monoisotopic (exact) mass is 405 g/mol. The molecule has 0 bridgehead atoms. The number of carbonyl (C=O) groups is 2. The Balaban J connectivity index is 1.33. The minimum absolute atomic E-state index is 0.0380. The zero-order valence-corrected chi connectivity index (χ0v) is 16.8. The van der Waals surface area contributed by atoms with Crippen LogP contribution in [-0.2, 0) is 33.7 Å². The largest absolute Gasteiger partial charge is 0.452 e. The van der Waals surface area contributed by atoms with Gasteiger partial charge in [0.05, 0.1) is 24.7 Å². The Labute approximate surface area is 173 Å². The highest BCUT2D eigenvalue weighted by molar-refractivity contribution is 5.95. The predicted octanol–water partition coefficient (Wildman–Crippen LogP) is 2.85. The standard InChI is InChI=1S/C23H23N3O4/c1-15(23(29)25-18-10-9-16-5-4-6-17(16)13-18)30-22(28)11-12-26-20-8-3-2-7-19(20)21(27)14-24-26/h2-3,7-10,13-15H,4-6,11-12H2,1H3,(H,25,29)/t15-/m1/s1. The molecule has 0 spiro atoms. The minimum Gasteiger partial charge on any atom is -0.452 e. The predicted molar refractivity (Wildman–Crippen MR) is 113 cm³/mol. The Hall–Kier alpha value is -3.48. The molecule has 0 saturated heterocycles. The highest BCUT2D eigenvalue weighted by atomic mass is 16.5. The minimum atomic E-state index is -0.913. The van der Waals surface area contributed by atoms with Crippen molar-refractivity contribution in [3.63, 3.8) is 0 Å². The molecule has 0 saturated carbocycles. The number of nitrogens with zero attached hydrogens (tertiary/aromatic N) is 2. The van der Waals surface area contributed by atoms with Crippen LogP contribution in [0.1, 0.15) is 30.9 Å². The lowest BCUT2D eigenvalue weighted by Gasteiger charge is -2.15. The van der Waals surface area contributed by atoms with E-state index in [1.807, 2.05) is 24.3 Å². The molecule has 0 aliphatic heterocycles. The molecule has 0 fully saturated rings. The molecule has 30 heavy (non-hydrogen) atoms. The van der Waals surface area contributed by atoms with Gasteiger partial charge >= 0.3 is 5.97 Å². The summed E-state index contributed by atoms with van der Waals surface area (Å²) in [6.45, 7) is 1.80. The van der Waals surface area contributed by atoms with E-state index in [-0.39, 0.29) is 24.3 Å². The maximum Gasteiger partial charge on any atom is 0.308 e. The van der Waals surface area contributed by atoms with E-state index in [2.05, 4.69) is 10.4 Å². The first-order valence-electron chi connectivity index (χ1n) is 10.1. The average molecular weight is 405 g/mol. The van der Waals surface area contributed by atoms with Gasteiger partial charge in [-0.3, -0.25) is 19.1 Å². The Morgan fingerprint density at radius 3 is 2.83 bits per heavy atom. The van der Waals surface area contributed by atoms with Gasteiger partial charge in [0.15, 0.2) is 6.10 Å². The van der Waals surface area contributed by atoms with Crippen molar-refractivity contribution in [3.05, 3.63) is 70.0 Å². The first-order chi connectivity index (χ1) is 14.5. The number of nitrogens with one attached hydrogen (secondary N) is 1. The van der Waals surface area contributed by atoms with Crippen molar-refractivity contribution < 1.29 is 14.3 Å². The summed E-state index contributed by atoms with van der Waals surface area (Å²) in [6.07, 6.45) is 3.61. The zero-order chi connectivity index (χ0) is 21.1. The first-order valence-corrected chi connectivity index (χ1v) is 10.1. The van der Waals surface area contributed by atoms with E-state index < -0.39 is 12.1 Å². The second-order valence-electron chi connectivity index (χ2n) is 7.46. The van der Waals surface area contributed by atoms with Crippen LogP contribution >= 0.6 is 0 Å². The zero-order valence-electron chi connectivity index (χ0n) is 16.8. The number of para-hydroxylation sites is 1.